The highest BCUT2D eigenvalue weighted by atomic mass is 16.5. The fourth-order valence-corrected chi connectivity index (χ4v) is 1.72. The Labute approximate surface area is 119 Å². The van der Waals surface area contributed by atoms with Gasteiger partial charge >= 0.3 is 0 Å². The summed E-state index contributed by atoms with van der Waals surface area (Å²) in [4.78, 5) is 8.53. The SMILES string of the molecule is CCn1ncnc1COc1ccc(CNC(C)C)nc1. The summed E-state index contributed by atoms with van der Waals surface area (Å²) in [5, 5.41) is 7.43. The number of aromatic nitrogens is 4. The van der Waals surface area contributed by atoms with Gasteiger partial charge in [-0.25, -0.2) is 9.67 Å². The van der Waals surface area contributed by atoms with Gasteiger partial charge in [0.25, 0.3) is 0 Å². The van der Waals surface area contributed by atoms with Crippen molar-refractivity contribution in [1.29, 1.82) is 0 Å². The Bertz CT molecular complexity index is 521. The number of pyridine rings is 1. The van der Waals surface area contributed by atoms with Gasteiger partial charge < -0.3 is 10.1 Å². The molecule has 0 aliphatic rings. The van der Waals surface area contributed by atoms with Gasteiger partial charge in [-0.1, -0.05) is 13.8 Å². The largest absolute Gasteiger partial charge is 0.484 e. The fourth-order valence-electron chi connectivity index (χ4n) is 1.72. The van der Waals surface area contributed by atoms with Crippen LogP contribution in [0.15, 0.2) is 24.7 Å². The molecule has 0 fully saturated rings. The molecule has 0 spiro atoms. The molecule has 0 aromatic carbocycles. The first-order valence-electron chi connectivity index (χ1n) is 6.86. The van der Waals surface area contributed by atoms with E-state index in [-0.39, 0.29) is 0 Å². The quantitative estimate of drug-likeness (QED) is 0.834. The van der Waals surface area contributed by atoms with E-state index in [4.69, 9.17) is 4.74 Å². The molecule has 0 unspecified atom stereocenters. The second kappa shape index (κ2) is 7.00. The molecule has 0 aliphatic carbocycles. The number of nitrogens with zero attached hydrogens (tertiary/aromatic N) is 4. The molecule has 6 nitrogen and oxygen atoms in total. The first kappa shape index (κ1) is 14.5. The van der Waals surface area contributed by atoms with Gasteiger partial charge in [-0.3, -0.25) is 4.98 Å². The molecule has 2 rings (SSSR count). The highest BCUT2D eigenvalue weighted by molar-refractivity contribution is 5.20. The van der Waals surface area contributed by atoms with Crippen LogP contribution in [0.25, 0.3) is 0 Å². The van der Waals surface area contributed by atoms with Crippen molar-refractivity contribution < 1.29 is 4.74 Å². The van der Waals surface area contributed by atoms with Gasteiger partial charge in [0.1, 0.15) is 18.7 Å². The zero-order chi connectivity index (χ0) is 14.4. The molecule has 0 aliphatic heterocycles. The summed E-state index contributed by atoms with van der Waals surface area (Å²) in [6.07, 6.45) is 3.28. The Balaban J connectivity index is 1.87. The van der Waals surface area contributed by atoms with Gasteiger partial charge in [-0.15, -0.1) is 0 Å². The number of nitrogens with one attached hydrogen (secondary N) is 1. The molecule has 2 heterocycles. The zero-order valence-electron chi connectivity index (χ0n) is 12.2. The first-order chi connectivity index (χ1) is 9.69. The Hall–Kier alpha value is -1.95. The number of rotatable bonds is 7. The molecule has 0 saturated heterocycles. The molecule has 2 aromatic rings. The van der Waals surface area contributed by atoms with Crippen molar-refractivity contribution >= 4 is 0 Å². The molecule has 6 heteroatoms. The van der Waals surface area contributed by atoms with Crippen molar-refractivity contribution in [2.75, 3.05) is 0 Å². The van der Waals surface area contributed by atoms with Crippen LogP contribution in [0.4, 0.5) is 0 Å². The van der Waals surface area contributed by atoms with Gasteiger partial charge in [0.15, 0.2) is 5.82 Å². The monoisotopic (exact) mass is 275 g/mol. The lowest BCUT2D eigenvalue weighted by Gasteiger charge is -2.09. The Morgan fingerprint density at radius 2 is 2.15 bits per heavy atom. The van der Waals surface area contributed by atoms with E-state index < -0.39 is 0 Å². The number of hydrogen-bond acceptors (Lipinski definition) is 5. The van der Waals surface area contributed by atoms with Crippen LogP contribution in [0.1, 0.15) is 32.3 Å². The molecule has 0 amide bonds. The van der Waals surface area contributed by atoms with E-state index in [9.17, 15) is 0 Å². The van der Waals surface area contributed by atoms with Crippen molar-refractivity contribution in [3.8, 4) is 5.75 Å². The molecule has 0 bridgehead atoms. The average molecular weight is 275 g/mol. The van der Waals surface area contributed by atoms with Crippen molar-refractivity contribution in [3.05, 3.63) is 36.2 Å². The van der Waals surface area contributed by atoms with E-state index in [0.29, 0.717) is 12.6 Å². The number of ether oxygens (including phenoxy) is 1. The molecular weight excluding hydrogens is 254 g/mol. The van der Waals surface area contributed by atoms with Gasteiger partial charge in [-0.05, 0) is 19.1 Å². The molecular formula is C14H21N5O. The lowest BCUT2D eigenvalue weighted by molar-refractivity contribution is 0.286. The molecule has 1 N–H and O–H groups in total. The minimum Gasteiger partial charge on any atom is -0.484 e. The summed E-state index contributed by atoms with van der Waals surface area (Å²) in [7, 11) is 0. The fraction of sp³-hybridized carbons (Fsp3) is 0.500. The summed E-state index contributed by atoms with van der Waals surface area (Å²) in [5.74, 6) is 1.56. The lowest BCUT2D eigenvalue weighted by atomic mass is 10.3. The van der Waals surface area contributed by atoms with Crippen molar-refractivity contribution in [2.24, 2.45) is 0 Å². The number of aryl methyl sites for hydroxylation is 1. The Morgan fingerprint density at radius 1 is 1.30 bits per heavy atom. The van der Waals surface area contributed by atoms with E-state index in [2.05, 4.69) is 34.2 Å². The van der Waals surface area contributed by atoms with Crippen LogP contribution in [0.3, 0.4) is 0 Å². The summed E-state index contributed by atoms with van der Waals surface area (Å²) in [6.45, 7) is 8.21. The Kier molecular flexibility index (Phi) is 5.06. The van der Waals surface area contributed by atoms with E-state index in [1.54, 1.807) is 12.5 Å². The maximum atomic E-state index is 5.67. The predicted octanol–water partition coefficient (Wildman–Crippen LogP) is 1.77. The van der Waals surface area contributed by atoms with E-state index in [1.165, 1.54) is 0 Å². The predicted molar refractivity (Wildman–Crippen MR) is 76.2 cm³/mol. The molecule has 0 saturated carbocycles. The smallest absolute Gasteiger partial charge is 0.164 e. The molecule has 0 radical (unpaired) electrons. The van der Waals surface area contributed by atoms with Crippen molar-refractivity contribution in [2.45, 2.75) is 46.5 Å². The topological polar surface area (TPSA) is 64.9 Å². The highest BCUT2D eigenvalue weighted by Gasteiger charge is 2.04. The maximum absolute atomic E-state index is 5.67. The van der Waals surface area contributed by atoms with Crippen molar-refractivity contribution in [3.63, 3.8) is 0 Å². The standard InChI is InChI=1S/C14H21N5O/c1-4-19-14(17-10-18-19)9-20-13-6-5-12(16-8-13)7-15-11(2)3/h5-6,8,10-11,15H,4,7,9H2,1-3H3. The normalized spacial score (nSPS) is 11.0. The summed E-state index contributed by atoms with van der Waals surface area (Å²) >= 11 is 0. The third-order valence-corrected chi connectivity index (χ3v) is 2.85. The third kappa shape index (κ3) is 4.03. The third-order valence-electron chi connectivity index (χ3n) is 2.85. The van der Waals surface area contributed by atoms with Gasteiger partial charge in [0, 0.05) is 19.1 Å². The summed E-state index contributed by atoms with van der Waals surface area (Å²) < 4.78 is 7.48. The molecule has 108 valence electrons. The second-order valence-electron chi connectivity index (χ2n) is 4.80. The minimum atomic E-state index is 0.402. The zero-order valence-corrected chi connectivity index (χ0v) is 12.2. The minimum absolute atomic E-state index is 0.402. The Morgan fingerprint density at radius 3 is 2.80 bits per heavy atom. The van der Waals surface area contributed by atoms with Crippen LogP contribution in [0, 0.1) is 0 Å². The molecule has 0 atom stereocenters. The van der Waals surface area contributed by atoms with Crippen LogP contribution in [-0.2, 0) is 19.7 Å². The lowest BCUT2D eigenvalue weighted by Crippen LogP contribution is -2.22. The summed E-state index contributed by atoms with van der Waals surface area (Å²) in [5.41, 5.74) is 1.00. The van der Waals surface area contributed by atoms with Crippen LogP contribution in [-0.4, -0.2) is 25.8 Å². The van der Waals surface area contributed by atoms with Crippen molar-refractivity contribution in [1.82, 2.24) is 25.1 Å². The van der Waals surface area contributed by atoms with E-state index in [0.717, 1.165) is 30.4 Å². The average Bonchev–Trinajstić information content (AvgIpc) is 2.91. The molecule has 2 aromatic heterocycles. The van der Waals surface area contributed by atoms with E-state index >= 15 is 0 Å². The second-order valence-corrected chi connectivity index (χ2v) is 4.80. The first-order valence-corrected chi connectivity index (χ1v) is 6.86. The van der Waals surface area contributed by atoms with Gasteiger partial charge in [0.2, 0.25) is 0 Å². The molecule has 20 heavy (non-hydrogen) atoms. The highest BCUT2D eigenvalue weighted by Crippen LogP contribution is 2.11. The maximum Gasteiger partial charge on any atom is 0.164 e. The summed E-state index contributed by atoms with van der Waals surface area (Å²) in [6, 6.07) is 4.35. The van der Waals surface area contributed by atoms with Crippen LogP contribution < -0.4 is 10.1 Å². The van der Waals surface area contributed by atoms with Crippen LogP contribution in [0.2, 0.25) is 0 Å². The van der Waals surface area contributed by atoms with Crippen LogP contribution >= 0.6 is 0 Å². The number of hydrogen-bond donors (Lipinski definition) is 1. The van der Waals surface area contributed by atoms with E-state index in [1.807, 2.05) is 23.7 Å². The van der Waals surface area contributed by atoms with Gasteiger partial charge in [-0.2, -0.15) is 5.10 Å². The van der Waals surface area contributed by atoms with Crippen LogP contribution in [0.5, 0.6) is 5.75 Å². The van der Waals surface area contributed by atoms with Gasteiger partial charge in [0.05, 0.1) is 11.9 Å².